The van der Waals surface area contributed by atoms with Gasteiger partial charge in [0.15, 0.2) is 0 Å². The first-order chi connectivity index (χ1) is 9.34. The van der Waals surface area contributed by atoms with Crippen LogP contribution in [0.3, 0.4) is 0 Å². The molecule has 1 heterocycles. The fourth-order valence-electron chi connectivity index (χ4n) is 2.58. The van der Waals surface area contributed by atoms with Gasteiger partial charge in [-0.2, -0.15) is 4.31 Å². The molecule has 4 nitrogen and oxygen atoms in total. The molecule has 20 heavy (non-hydrogen) atoms. The molecule has 110 valence electrons. The molecule has 0 bridgehead atoms. The van der Waals surface area contributed by atoms with E-state index >= 15 is 0 Å². The van der Waals surface area contributed by atoms with E-state index in [1.807, 2.05) is 6.92 Å². The maximum Gasteiger partial charge on any atom is 0.243 e. The van der Waals surface area contributed by atoms with Crippen molar-refractivity contribution in [2.24, 2.45) is 11.7 Å². The topological polar surface area (TPSA) is 63.4 Å². The fourth-order valence-corrected chi connectivity index (χ4v) is 4.52. The van der Waals surface area contributed by atoms with Gasteiger partial charge in [-0.25, -0.2) is 8.42 Å². The Hall–Kier alpha value is -0.980. The van der Waals surface area contributed by atoms with Crippen LogP contribution in [0.1, 0.15) is 32.3 Å². The zero-order chi connectivity index (χ0) is 14.9. The van der Waals surface area contributed by atoms with Crippen LogP contribution in [-0.2, 0) is 10.0 Å². The van der Waals surface area contributed by atoms with E-state index in [1.54, 1.807) is 28.6 Å². The van der Waals surface area contributed by atoms with E-state index in [0.717, 1.165) is 12.8 Å². The van der Waals surface area contributed by atoms with Crippen LogP contribution in [0.5, 0.6) is 0 Å². The van der Waals surface area contributed by atoms with Gasteiger partial charge in [0.2, 0.25) is 10.0 Å². The van der Waals surface area contributed by atoms with Gasteiger partial charge in [0, 0.05) is 18.2 Å². The Labute approximate surface area is 126 Å². The highest BCUT2D eigenvalue weighted by Crippen LogP contribution is 2.29. The molecule has 2 unspecified atom stereocenters. The number of sulfonamides is 1. The van der Waals surface area contributed by atoms with Crippen LogP contribution < -0.4 is 5.73 Å². The van der Waals surface area contributed by atoms with Crippen LogP contribution in [0.15, 0.2) is 29.2 Å². The summed E-state index contributed by atoms with van der Waals surface area (Å²) in [6, 6.07) is 6.58. The first kappa shape index (κ1) is 15.4. The van der Waals surface area contributed by atoms with Gasteiger partial charge in [0.25, 0.3) is 0 Å². The number of thiocarbonyl (C=S) groups is 1. The maximum atomic E-state index is 12.8. The molecule has 1 aromatic carbocycles. The average molecular weight is 312 g/mol. The maximum absolute atomic E-state index is 12.8. The Bertz CT molecular complexity index is 613. The summed E-state index contributed by atoms with van der Waals surface area (Å²) in [6.45, 7) is 4.64. The van der Waals surface area contributed by atoms with E-state index in [4.69, 9.17) is 18.0 Å². The van der Waals surface area contributed by atoms with Crippen molar-refractivity contribution < 1.29 is 8.42 Å². The van der Waals surface area contributed by atoms with E-state index in [-0.39, 0.29) is 15.9 Å². The number of hydrogen-bond acceptors (Lipinski definition) is 3. The Balaban J connectivity index is 2.39. The highest BCUT2D eigenvalue weighted by Gasteiger charge is 2.34. The fraction of sp³-hybridized carbons (Fsp3) is 0.500. The van der Waals surface area contributed by atoms with E-state index in [2.05, 4.69) is 6.92 Å². The largest absolute Gasteiger partial charge is 0.389 e. The highest BCUT2D eigenvalue weighted by atomic mass is 32.2. The summed E-state index contributed by atoms with van der Waals surface area (Å²) in [6.07, 6.45) is 1.97. The van der Waals surface area contributed by atoms with Crippen molar-refractivity contribution in [2.75, 3.05) is 6.54 Å². The van der Waals surface area contributed by atoms with Gasteiger partial charge in [-0.15, -0.1) is 0 Å². The monoisotopic (exact) mass is 312 g/mol. The lowest BCUT2D eigenvalue weighted by atomic mass is 9.94. The summed E-state index contributed by atoms with van der Waals surface area (Å²) >= 11 is 4.91. The summed E-state index contributed by atoms with van der Waals surface area (Å²) < 4.78 is 27.1. The Kier molecular flexibility index (Phi) is 4.46. The molecule has 2 rings (SSSR count). The first-order valence-electron chi connectivity index (χ1n) is 6.75. The smallest absolute Gasteiger partial charge is 0.243 e. The van der Waals surface area contributed by atoms with Crippen molar-refractivity contribution in [3.8, 4) is 0 Å². The highest BCUT2D eigenvalue weighted by molar-refractivity contribution is 7.89. The van der Waals surface area contributed by atoms with Crippen LogP contribution >= 0.6 is 12.2 Å². The third-order valence-corrected chi connectivity index (χ3v) is 6.26. The summed E-state index contributed by atoms with van der Waals surface area (Å²) in [7, 11) is -3.48. The van der Waals surface area contributed by atoms with E-state index in [1.165, 1.54) is 0 Å². The van der Waals surface area contributed by atoms with Crippen molar-refractivity contribution in [3.05, 3.63) is 29.8 Å². The molecule has 1 aliphatic heterocycles. The van der Waals surface area contributed by atoms with Crippen LogP contribution in [-0.4, -0.2) is 30.3 Å². The minimum atomic E-state index is -3.48. The number of piperidine rings is 1. The molecule has 2 atom stereocenters. The lowest BCUT2D eigenvalue weighted by Crippen LogP contribution is -2.45. The second-order valence-electron chi connectivity index (χ2n) is 5.37. The Morgan fingerprint density at radius 1 is 1.40 bits per heavy atom. The molecule has 0 radical (unpaired) electrons. The predicted octanol–water partition coefficient (Wildman–Crippen LogP) is 2.13. The van der Waals surface area contributed by atoms with Gasteiger partial charge in [-0.3, -0.25) is 0 Å². The van der Waals surface area contributed by atoms with Crippen molar-refractivity contribution in [1.29, 1.82) is 0 Å². The van der Waals surface area contributed by atoms with E-state index < -0.39 is 10.0 Å². The molecule has 0 saturated carbocycles. The summed E-state index contributed by atoms with van der Waals surface area (Å²) in [5.74, 6) is 0.372. The van der Waals surface area contributed by atoms with Gasteiger partial charge in [0.1, 0.15) is 4.99 Å². The summed E-state index contributed by atoms with van der Waals surface area (Å²) in [4.78, 5) is 0.478. The molecule has 1 aliphatic rings. The van der Waals surface area contributed by atoms with Crippen molar-refractivity contribution >= 4 is 27.2 Å². The van der Waals surface area contributed by atoms with Crippen molar-refractivity contribution in [1.82, 2.24) is 4.31 Å². The zero-order valence-electron chi connectivity index (χ0n) is 11.7. The van der Waals surface area contributed by atoms with Gasteiger partial charge in [0.05, 0.1) is 4.90 Å². The SMILES string of the molecule is CC1CCCN(S(=O)(=O)c2cccc(C(N)=S)c2)C1C. The first-order valence-corrected chi connectivity index (χ1v) is 8.60. The molecule has 1 fully saturated rings. The minimum Gasteiger partial charge on any atom is -0.389 e. The molecule has 6 heteroatoms. The van der Waals surface area contributed by atoms with Crippen LogP contribution in [0.4, 0.5) is 0 Å². The van der Waals surface area contributed by atoms with E-state index in [0.29, 0.717) is 18.0 Å². The summed E-state index contributed by atoms with van der Waals surface area (Å²) in [5.41, 5.74) is 6.16. The normalized spacial score (nSPS) is 24.5. The van der Waals surface area contributed by atoms with Crippen LogP contribution in [0, 0.1) is 5.92 Å². The zero-order valence-corrected chi connectivity index (χ0v) is 13.4. The van der Waals surface area contributed by atoms with Crippen LogP contribution in [0.25, 0.3) is 0 Å². The summed E-state index contributed by atoms with van der Waals surface area (Å²) in [5, 5.41) is 0. The van der Waals surface area contributed by atoms with Crippen molar-refractivity contribution in [3.63, 3.8) is 0 Å². The Morgan fingerprint density at radius 2 is 2.10 bits per heavy atom. The lowest BCUT2D eigenvalue weighted by Gasteiger charge is -2.36. The lowest BCUT2D eigenvalue weighted by molar-refractivity contribution is 0.202. The Morgan fingerprint density at radius 3 is 2.75 bits per heavy atom. The molecule has 1 aromatic rings. The number of nitrogens with zero attached hydrogens (tertiary/aromatic N) is 1. The standard InChI is InChI=1S/C14H20N2O2S2/c1-10-5-4-8-16(11(10)2)20(17,18)13-7-3-6-12(9-13)14(15)19/h3,6-7,9-11H,4-5,8H2,1-2H3,(H2,15,19). The second kappa shape index (κ2) is 5.79. The molecular formula is C14H20N2O2S2. The molecule has 0 spiro atoms. The number of nitrogens with two attached hydrogens (primary N) is 1. The van der Waals surface area contributed by atoms with Crippen LogP contribution in [0.2, 0.25) is 0 Å². The average Bonchev–Trinajstić information content (AvgIpc) is 2.41. The third kappa shape index (κ3) is 2.87. The number of benzene rings is 1. The molecule has 0 amide bonds. The second-order valence-corrected chi connectivity index (χ2v) is 7.70. The van der Waals surface area contributed by atoms with E-state index in [9.17, 15) is 8.42 Å². The number of hydrogen-bond donors (Lipinski definition) is 1. The molecule has 1 saturated heterocycles. The molecule has 0 aliphatic carbocycles. The van der Waals surface area contributed by atoms with Crippen molar-refractivity contribution in [2.45, 2.75) is 37.6 Å². The van der Waals surface area contributed by atoms with Gasteiger partial charge in [-0.1, -0.05) is 31.3 Å². The number of rotatable bonds is 3. The molecular weight excluding hydrogens is 292 g/mol. The van der Waals surface area contributed by atoms with Gasteiger partial charge >= 0.3 is 0 Å². The minimum absolute atomic E-state index is 0.0160. The van der Waals surface area contributed by atoms with Gasteiger partial charge in [-0.05, 0) is 37.8 Å². The molecule has 0 aromatic heterocycles. The molecule has 2 N–H and O–H groups in total. The van der Waals surface area contributed by atoms with Gasteiger partial charge < -0.3 is 5.73 Å². The third-order valence-electron chi connectivity index (χ3n) is 4.04. The quantitative estimate of drug-likeness (QED) is 0.869. The predicted molar refractivity (Wildman–Crippen MR) is 84.1 cm³/mol.